The molecule has 0 saturated heterocycles. The maximum absolute atomic E-state index is 5.89. The van der Waals surface area contributed by atoms with Crippen LogP contribution in [0.1, 0.15) is 45.7 Å². The molecule has 0 amide bonds. The van der Waals surface area contributed by atoms with Crippen molar-refractivity contribution in [1.29, 1.82) is 0 Å². The molecule has 26 heavy (non-hydrogen) atoms. The number of benzene rings is 1. The van der Waals surface area contributed by atoms with Crippen LogP contribution in [0.15, 0.2) is 17.1 Å². The third-order valence-electron chi connectivity index (χ3n) is 4.36. The largest absolute Gasteiger partial charge is 0.494 e. The number of hydrogen-bond acceptors (Lipinski definition) is 4. The summed E-state index contributed by atoms with van der Waals surface area (Å²) in [7, 11) is 1.71. The zero-order valence-electron chi connectivity index (χ0n) is 16.9. The van der Waals surface area contributed by atoms with E-state index in [1.807, 2.05) is 20.8 Å². The Labute approximate surface area is 157 Å². The van der Waals surface area contributed by atoms with Gasteiger partial charge < -0.3 is 24.8 Å². The number of rotatable bonds is 8. The average Bonchev–Trinajstić information content (AvgIpc) is 2.96. The summed E-state index contributed by atoms with van der Waals surface area (Å²) < 4.78 is 17.2. The first kappa shape index (κ1) is 20.4. The molecule has 1 aromatic rings. The summed E-state index contributed by atoms with van der Waals surface area (Å²) >= 11 is 0. The minimum Gasteiger partial charge on any atom is -0.494 e. The van der Waals surface area contributed by atoms with E-state index < -0.39 is 0 Å². The lowest BCUT2D eigenvalue weighted by atomic mass is 10.1. The van der Waals surface area contributed by atoms with Gasteiger partial charge in [0.15, 0.2) is 5.96 Å². The van der Waals surface area contributed by atoms with Gasteiger partial charge in [-0.3, -0.25) is 0 Å². The first-order valence-electron chi connectivity index (χ1n) is 9.41. The van der Waals surface area contributed by atoms with Gasteiger partial charge in [-0.1, -0.05) is 0 Å². The van der Waals surface area contributed by atoms with Gasteiger partial charge in [-0.15, -0.1) is 0 Å². The van der Waals surface area contributed by atoms with Crippen LogP contribution < -0.4 is 20.1 Å². The number of fused-ring (bicyclic) bond motifs is 1. The third-order valence-corrected chi connectivity index (χ3v) is 4.36. The molecule has 1 atom stereocenters. The summed E-state index contributed by atoms with van der Waals surface area (Å²) in [6.45, 7) is 12.8. The molecule has 2 rings (SSSR count). The van der Waals surface area contributed by atoms with Crippen molar-refractivity contribution in [1.82, 2.24) is 10.6 Å². The normalized spacial score (nSPS) is 16.8. The molecule has 0 aliphatic carbocycles. The highest BCUT2D eigenvalue weighted by Gasteiger charge is 2.22. The average molecular weight is 364 g/mol. The fourth-order valence-electron chi connectivity index (χ4n) is 2.77. The molecule has 0 bridgehead atoms. The summed E-state index contributed by atoms with van der Waals surface area (Å²) in [5.74, 6) is 2.60. The monoisotopic (exact) mass is 363 g/mol. The molecule has 146 valence electrons. The van der Waals surface area contributed by atoms with Crippen molar-refractivity contribution < 1.29 is 14.2 Å². The second kappa shape index (κ2) is 9.12. The van der Waals surface area contributed by atoms with Gasteiger partial charge in [0.25, 0.3) is 0 Å². The SMILES string of the molecule is CCNC(=NCc1cc2c(cc1OCC)CC(C)O2)NCC(C)(C)OC. The molecule has 2 N–H and O–H groups in total. The molecule has 6 heteroatoms. The van der Waals surface area contributed by atoms with Gasteiger partial charge in [-0.25, -0.2) is 4.99 Å². The summed E-state index contributed by atoms with van der Waals surface area (Å²) in [6, 6.07) is 4.16. The maximum Gasteiger partial charge on any atom is 0.191 e. The highest BCUT2D eigenvalue weighted by atomic mass is 16.5. The van der Waals surface area contributed by atoms with Crippen LogP contribution in [0.2, 0.25) is 0 Å². The van der Waals surface area contributed by atoms with Crippen LogP contribution in [0.5, 0.6) is 11.5 Å². The van der Waals surface area contributed by atoms with Crippen LogP contribution in [0.4, 0.5) is 0 Å². The molecule has 1 aliphatic rings. The van der Waals surface area contributed by atoms with E-state index >= 15 is 0 Å². The van der Waals surface area contributed by atoms with Crippen LogP contribution in [0.25, 0.3) is 0 Å². The molecule has 6 nitrogen and oxygen atoms in total. The maximum atomic E-state index is 5.89. The van der Waals surface area contributed by atoms with Gasteiger partial charge in [0, 0.05) is 37.7 Å². The molecular weight excluding hydrogens is 330 g/mol. The lowest BCUT2D eigenvalue weighted by Crippen LogP contribution is -2.45. The van der Waals surface area contributed by atoms with Crippen LogP contribution in [-0.4, -0.2) is 44.5 Å². The molecule has 1 aromatic carbocycles. The third kappa shape index (κ3) is 5.53. The first-order valence-corrected chi connectivity index (χ1v) is 9.41. The lowest BCUT2D eigenvalue weighted by Gasteiger charge is -2.24. The van der Waals surface area contributed by atoms with Crippen LogP contribution in [-0.2, 0) is 17.7 Å². The predicted molar refractivity (Wildman–Crippen MR) is 105 cm³/mol. The highest BCUT2D eigenvalue weighted by Crippen LogP contribution is 2.35. The Bertz CT molecular complexity index is 629. The summed E-state index contributed by atoms with van der Waals surface area (Å²) in [5, 5.41) is 6.61. The minimum absolute atomic E-state index is 0.216. The predicted octanol–water partition coefficient (Wildman–Crippen LogP) is 2.89. The van der Waals surface area contributed by atoms with Crippen molar-refractivity contribution in [3.63, 3.8) is 0 Å². The Morgan fingerprint density at radius 3 is 2.73 bits per heavy atom. The van der Waals surface area contributed by atoms with Gasteiger partial charge in [0.2, 0.25) is 0 Å². The van der Waals surface area contributed by atoms with Crippen LogP contribution in [0.3, 0.4) is 0 Å². The molecular formula is C20H33N3O3. The Balaban J connectivity index is 2.16. The number of nitrogens with zero attached hydrogens (tertiary/aromatic N) is 1. The van der Waals surface area contributed by atoms with Crippen molar-refractivity contribution in [2.24, 2.45) is 4.99 Å². The van der Waals surface area contributed by atoms with Crippen molar-refractivity contribution in [2.45, 2.75) is 59.3 Å². The Kier molecular flexibility index (Phi) is 7.14. The van der Waals surface area contributed by atoms with E-state index in [9.17, 15) is 0 Å². The van der Waals surface area contributed by atoms with E-state index in [0.717, 1.165) is 36.0 Å². The van der Waals surface area contributed by atoms with Crippen molar-refractivity contribution in [3.8, 4) is 11.5 Å². The van der Waals surface area contributed by atoms with E-state index in [0.29, 0.717) is 19.7 Å². The van der Waals surface area contributed by atoms with Gasteiger partial charge >= 0.3 is 0 Å². The number of hydrogen-bond donors (Lipinski definition) is 2. The number of methoxy groups -OCH3 is 1. The van der Waals surface area contributed by atoms with E-state index in [1.54, 1.807) is 7.11 Å². The molecule has 0 aromatic heterocycles. The quantitative estimate of drug-likeness (QED) is 0.549. The van der Waals surface area contributed by atoms with Crippen molar-refractivity contribution in [2.75, 3.05) is 26.8 Å². The number of nitrogens with one attached hydrogen (secondary N) is 2. The van der Waals surface area contributed by atoms with E-state index in [1.165, 1.54) is 5.56 Å². The second-order valence-electron chi connectivity index (χ2n) is 7.15. The van der Waals surface area contributed by atoms with Crippen LogP contribution in [0, 0.1) is 0 Å². The Morgan fingerprint density at radius 2 is 2.08 bits per heavy atom. The van der Waals surface area contributed by atoms with Gasteiger partial charge in [-0.2, -0.15) is 0 Å². The zero-order chi connectivity index (χ0) is 19.2. The second-order valence-corrected chi connectivity index (χ2v) is 7.15. The topological polar surface area (TPSA) is 64.1 Å². The molecule has 0 radical (unpaired) electrons. The highest BCUT2D eigenvalue weighted by molar-refractivity contribution is 5.79. The molecule has 0 saturated carbocycles. The molecule has 1 aliphatic heterocycles. The molecule has 0 spiro atoms. The van der Waals surface area contributed by atoms with E-state index in [-0.39, 0.29) is 11.7 Å². The number of aliphatic imine (C=N–C) groups is 1. The zero-order valence-corrected chi connectivity index (χ0v) is 16.9. The standard InChI is InChI=1S/C20H33N3O3/c1-7-21-19(23-13-20(4,5)24-6)22-12-16-11-18-15(9-14(3)26-18)10-17(16)25-8-2/h10-11,14H,7-9,12-13H2,1-6H3,(H2,21,22,23). The van der Waals surface area contributed by atoms with Crippen molar-refractivity contribution in [3.05, 3.63) is 23.3 Å². The summed E-state index contributed by atoms with van der Waals surface area (Å²) in [5.41, 5.74) is 1.98. The van der Waals surface area contributed by atoms with E-state index in [4.69, 9.17) is 19.2 Å². The summed E-state index contributed by atoms with van der Waals surface area (Å²) in [4.78, 5) is 4.71. The number of guanidine groups is 1. The molecule has 0 fully saturated rings. The summed E-state index contributed by atoms with van der Waals surface area (Å²) in [6.07, 6.45) is 1.14. The fourth-order valence-corrected chi connectivity index (χ4v) is 2.77. The van der Waals surface area contributed by atoms with E-state index in [2.05, 4.69) is 36.6 Å². The molecule has 1 unspecified atom stereocenters. The minimum atomic E-state index is -0.260. The van der Waals surface area contributed by atoms with Gasteiger partial charge in [-0.05, 0) is 46.8 Å². The Morgan fingerprint density at radius 1 is 1.31 bits per heavy atom. The van der Waals surface area contributed by atoms with Crippen LogP contribution >= 0.6 is 0 Å². The molecule has 1 heterocycles. The first-order chi connectivity index (χ1) is 12.4. The Hall–Kier alpha value is -1.95. The lowest BCUT2D eigenvalue weighted by molar-refractivity contribution is 0.0268. The smallest absolute Gasteiger partial charge is 0.191 e. The number of ether oxygens (including phenoxy) is 3. The van der Waals surface area contributed by atoms with Crippen molar-refractivity contribution >= 4 is 5.96 Å². The fraction of sp³-hybridized carbons (Fsp3) is 0.650. The van der Waals surface area contributed by atoms with Gasteiger partial charge in [0.05, 0.1) is 18.8 Å². The van der Waals surface area contributed by atoms with Gasteiger partial charge in [0.1, 0.15) is 17.6 Å².